The molecule has 20 heavy (non-hydrogen) atoms. The second-order valence-corrected chi connectivity index (χ2v) is 4.73. The molecule has 2 heterocycles. The van der Waals surface area contributed by atoms with E-state index < -0.39 is 6.04 Å². The Kier molecular flexibility index (Phi) is 4.07. The molecule has 1 aromatic heterocycles. The average Bonchev–Trinajstić information content (AvgIpc) is 2.42. The number of anilines is 1. The smallest absolute Gasteiger partial charge is 0.251 e. The molecular weight excluding hydrogens is 260 g/mol. The van der Waals surface area contributed by atoms with Crippen LogP contribution in [0.4, 0.5) is 5.69 Å². The van der Waals surface area contributed by atoms with Crippen LogP contribution in [-0.2, 0) is 16.1 Å². The minimum absolute atomic E-state index is 0.104. The molecule has 3 N–H and O–H groups in total. The third-order valence-corrected chi connectivity index (χ3v) is 3.35. The number of pyridine rings is 1. The molecule has 0 radical (unpaired) electrons. The zero-order chi connectivity index (χ0) is 14.7. The monoisotopic (exact) mass is 278 g/mol. The summed E-state index contributed by atoms with van der Waals surface area (Å²) in [5.74, 6) is -0.397. The number of carbonyl (C=O) groups is 2. The van der Waals surface area contributed by atoms with Crippen molar-refractivity contribution in [3.8, 4) is 0 Å². The molecule has 1 unspecified atom stereocenters. The minimum Gasteiger partial charge on any atom is -0.398 e. The molecule has 0 aliphatic carbocycles. The molecule has 1 aliphatic heterocycles. The number of nitrogens with zero attached hydrogens (tertiary/aromatic N) is 2. The van der Waals surface area contributed by atoms with Gasteiger partial charge in [0.05, 0.1) is 0 Å². The molecule has 0 saturated carbocycles. The van der Waals surface area contributed by atoms with Crippen molar-refractivity contribution in [1.82, 2.24) is 14.8 Å². The number of piperazine rings is 1. The number of nitrogen functional groups attached to an aromatic ring is 1. The normalized spacial score (nSPS) is 18.8. The quantitative estimate of drug-likeness (QED) is 0.754. The van der Waals surface area contributed by atoms with Crippen LogP contribution < -0.4 is 16.6 Å². The van der Waals surface area contributed by atoms with Gasteiger partial charge in [0.1, 0.15) is 12.6 Å². The number of aromatic nitrogens is 1. The van der Waals surface area contributed by atoms with E-state index in [2.05, 4.69) is 5.32 Å². The fourth-order valence-electron chi connectivity index (χ4n) is 2.33. The highest BCUT2D eigenvalue weighted by atomic mass is 16.2. The summed E-state index contributed by atoms with van der Waals surface area (Å²) >= 11 is 0. The molecule has 2 amide bonds. The summed E-state index contributed by atoms with van der Waals surface area (Å²) in [5, 5.41) is 2.73. The Morgan fingerprint density at radius 1 is 1.45 bits per heavy atom. The van der Waals surface area contributed by atoms with Gasteiger partial charge in [-0.05, 0) is 12.5 Å². The summed E-state index contributed by atoms with van der Waals surface area (Å²) in [6, 6.07) is 2.35. The third-order valence-electron chi connectivity index (χ3n) is 3.35. The van der Waals surface area contributed by atoms with Crippen molar-refractivity contribution in [2.75, 3.05) is 18.8 Å². The predicted octanol–water partition coefficient (Wildman–Crippen LogP) is -0.832. The molecule has 2 rings (SSSR count). The SMILES string of the molecule is CCC1C(=O)NCCN1C(=O)Cn1cc(N)ccc1=O. The van der Waals surface area contributed by atoms with Crippen LogP contribution in [0.5, 0.6) is 0 Å². The van der Waals surface area contributed by atoms with E-state index in [4.69, 9.17) is 5.73 Å². The molecule has 0 aromatic carbocycles. The fraction of sp³-hybridized carbons (Fsp3) is 0.462. The predicted molar refractivity (Wildman–Crippen MR) is 73.9 cm³/mol. The van der Waals surface area contributed by atoms with Crippen LogP contribution in [0.1, 0.15) is 13.3 Å². The fourth-order valence-corrected chi connectivity index (χ4v) is 2.33. The second kappa shape index (κ2) is 5.77. The van der Waals surface area contributed by atoms with Crippen molar-refractivity contribution in [2.45, 2.75) is 25.9 Å². The largest absolute Gasteiger partial charge is 0.398 e. The molecule has 1 aliphatic rings. The number of hydrogen-bond donors (Lipinski definition) is 2. The maximum Gasteiger partial charge on any atom is 0.251 e. The Balaban J connectivity index is 2.16. The molecule has 7 nitrogen and oxygen atoms in total. The van der Waals surface area contributed by atoms with Gasteiger partial charge < -0.3 is 20.5 Å². The zero-order valence-electron chi connectivity index (χ0n) is 11.3. The van der Waals surface area contributed by atoms with Crippen LogP contribution in [0.3, 0.4) is 0 Å². The van der Waals surface area contributed by atoms with Crippen LogP contribution in [-0.4, -0.2) is 40.4 Å². The summed E-state index contributed by atoms with van der Waals surface area (Å²) < 4.78 is 1.26. The summed E-state index contributed by atoms with van der Waals surface area (Å²) in [6.07, 6.45) is 1.98. The van der Waals surface area contributed by atoms with Crippen LogP contribution in [0.2, 0.25) is 0 Å². The first-order valence-corrected chi connectivity index (χ1v) is 6.56. The molecular formula is C13H18N4O3. The topological polar surface area (TPSA) is 97.4 Å². The number of nitrogens with two attached hydrogens (primary N) is 1. The molecule has 0 bridgehead atoms. The van der Waals surface area contributed by atoms with Crippen molar-refractivity contribution < 1.29 is 9.59 Å². The number of nitrogens with one attached hydrogen (secondary N) is 1. The van der Waals surface area contributed by atoms with Crippen LogP contribution in [0.25, 0.3) is 0 Å². The van der Waals surface area contributed by atoms with E-state index in [0.29, 0.717) is 25.2 Å². The molecule has 108 valence electrons. The third kappa shape index (κ3) is 2.81. The van der Waals surface area contributed by atoms with E-state index in [0.717, 1.165) is 0 Å². The highest BCUT2D eigenvalue weighted by Gasteiger charge is 2.31. The Hall–Kier alpha value is -2.31. The zero-order valence-corrected chi connectivity index (χ0v) is 11.3. The minimum atomic E-state index is -0.465. The van der Waals surface area contributed by atoms with Gasteiger partial charge in [0, 0.05) is 31.0 Å². The number of rotatable bonds is 3. The Morgan fingerprint density at radius 2 is 2.20 bits per heavy atom. The van der Waals surface area contributed by atoms with Crippen molar-refractivity contribution >= 4 is 17.5 Å². The number of hydrogen-bond acceptors (Lipinski definition) is 4. The highest BCUT2D eigenvalue weighted by molar-refractivity contribution is 5.88. The Labute approximate surface area is 116 Å². The van der Waals surface area contributed by atoms with Gasteiger partial charge in [0.2, 0.25) is 11.8 Å². The molecule has 0 spiro atoms. The average molecular weight is 278 g/mol. The van der Waals surface area contributed by atoms with Crippen molar-refractivity contribution in [3.05, 3.63) is 28.7 Å². The van der Waals surface area contributed by atoms with Gasteiger partial charge in [0.15, 0.2) is 0 Å². The van der Waals surface area contributed by atoms with E-state index in [1.807, 2.05) is 6.92 Å². The first kappa shape index (κ1) is 14.1. The van der Waals surface area contributed by atoms with Crippen molar-refractivity contribution in [2.24, 2.45) is 0 Å². The lowest BCUT2D eigenvalue weighted by Gasteiger charge is -2.34. The maximum atomic E-state index is 12.3. The van der Waals surface area contributed by atoms with Crippen LogP contribution in [0, 0.1) is 0 Å². The van der Waals surface area contributed by atoms with Crippen molar-refractivity contribution in [1.29, 1.82) is 0 Å². The van der Waals surface area contributed by atoms with Crippen LogP contribution >= 0.6 is 0 Å². The van der Waals surface area contributed by atoms with E-state index in [1.165, 1.54) is 27.8 Å². The van der Waals surface area contributed by atoms with E-state index in [1.54, 1.807) is 0 Å². The molecule has 1 saturated heterocycles. The van der Waals surface area contributed by atoms with Gasteiger partial charge in [-0.25, -0.2) is 0 Å². The summed E-state index contributed by atoms with van der Waals surface area (Å²) in [4.78, 5) is 37.2. The first-order valence-electron chi connectivity index (χ1n) is 6.56. The van der Waals surface area contributed by atoms with Gasteiger partial charge in [-0.2, -0.15) is 0 Å². The standard InChI is InChI=1S/C13H18N4O3/c1-2-10-13(20)15-5-6-17(10)12(19)8-16-7-9(14)3-4-11(16)18/h3-4,7,10H,2,5-6,8,14H2,1H3,(H,15,20). The molecule has 1 atom stereocenters. The van der Waals surface area contributed by atoms with E-state index >= 15 is 0 Å². The molecule has 1 aromatic rings. The van der Waals surface area contributed by atoms with Gasteiger partial charge in [-0.3, -0.25) is 14.4 Å². The number of amides is 2. The maximum absolute atomic E-state index is 12.3. The Morgan fingerprint density at radius 3 is 2.90 bits per heavy atom. The summed E-state index contributed by atoms with van der Waals surface area (Å²) in [7, 11) is 0. The van der Waals surface area contributed by atoms with Gasteiger partial charge in [0.25, 0.3) is 5.56 Å². The lowest BCUT2D eigenvalue weighted by Crippen LogP contribution is -2.57. The second-order valence-electron chi connectivity index (χ2n) is 4.73. The summed E-state index contributed by atoms with van der Waals surface area (Å²) in [6.45, 7) is 2.64. The van der Waals surface area contributed by atoms with E-state index in [9.17, 15) is 14.4 Å². The lowest BCUT2D eigenvalue weighted by atomic mass is 10.1. The lowest BCUT2D eigenvalue weighted by molar-refractivity contribution is -0.143. The van der Waals surface area contributed by atoms with Gasteiger partial charge in [-0.15, -0.1) is 0 Å². The molecule has 7 heteroatoms. The number of carbonyl (C=O) groups excluding carboxylic acids is 2. The van der Waals surface area contributed by atoms with Crippen LogP contribution in [0.15, 0.2) is 23.1 Å². The summed E-state index contributed by atoms with van der Waals surface area (Å²) in [5.41, 5.74) is 5.74. The van der Waals surface area contributed by atoms with Crippen molar-refractivity contribution in [3.63, 3.8) is 0 Å². The first-order chi connectivity index (χ1) is 9.52. The highest BCUT2D eigenvalue weighted by Crippen LogP contribution is 2.09. The molecule has 1 fully saturated rings. The van der Waals surface area contributed by atoms with E-state index in [-0.39, 0.29) is 23.9 Å². The van der Waals surface area contributed by atoms with Gasteiger partial charge in [-0.1, -0.05) is 6.92 Å². The Bertz CT molecular complexity index is 581. The van der Waals surface area contributed by atoms with Gasteiger partial charge >= 0.3 is 0 Å².